The quantitative estimate of drug-likeness (QED) is 0.790. The van der Waals surface area contributed by atoms with Crippen LogP contribution in [0.15, 0.2) is 18.3 Å². The van der Waals surface area contributed by atoms with E-state index < -0.39 is 0 Å². The van der Waals surface area contributed by atoms with Crippen LogP contribution in [0.25, 0.3) is 0 Å². The van der Waals surface area contributed by atoms with Crippen LogP contribution in [-0.4, -0.2) is 29.8 Å². The van der Waals surface area contributed by atoms with E-state index in [1.54, 1.807) is 0 Å². The van der Waals surface area contributed by atoms with Crippen molar-refractivity contribution in [3.05, 3.63) is 24.0 Å². The van der Waals surface area contributed by atoms with Crippen LogP contribution in [0.2, 0.25) is 0 Å². The Kier molecular flexibility index (Phi) is 3.74. The number of hydrogen-bond donors (Lipinski definition) is 2. The largest absolute Gasteiger partial charge is 0.396 e. The maximum absolute atomic E-state index is 9.08. The summed E-state index contributed by atoms with van der Waals surface area (Å²) in [6.45, 7) is 2.83. The Morgan fingerprint density at radius 3 is 2.81 bits per heavy atom. The first-order valence-electron chi connectivity index (χ1n) is 5.84. The molecule has 0 aromatic carbocycles. The van der Waals surface area contributed by atoms with E-state index in [0.29, 0.717) is 19.1 Å². The maximum Gasteiger partial charge on any atom is 0.0560 e. The van der Waals surface area contributed by atoms with Crippen molar-refractivity contribution >= 4 is 5.69 Å². The molecule has 1 fully saturated rings. The molecule has 0 aliphatic carbocycles. The van der Waals surface area contributed by atoms with Crippen LogP contribution in [0.1, 0.15) is 18.5 Å². The summed E-state index contributed by atoms with van der Waals surface area (Å²) in [5, 5.41) is 9.08. The molecule has 0 saturated carbocycles. The van der Waals surface area contributed by atoms with Crippen LogP contribution in [0, 0.1) is 5.92 Å². The predicted molar refractivity (Wildman–Crippen MR) is 64.2 cm³/mol. The van der Waals surface area contributed by atoms with Crippen LogP contribution >= 0.6 is 0 Å². The highest BCUT2D eigenvalue weighted by Crippen LogP contribution is 2.22. The fraction of sp³-hybridized carbons (Fsp3) is 0.583. The number of rotatable bonds is 3. The van der Waals surface area contributed by atoms with Crippen LogP contribution in [0.4, 0.5) is 5.69 Å². The highest BCUT2D eigenvalue weighted by molar-refractivity contribution is 5.46. The molecule has 0 unspecified atom stereocenters. The second-order valence-corrected chi connectivity index (χ2v) is 4.32. The second-order valence-electron chi connectivity index (χ2n) is 4.32. The summed E-state index contributed by atoms with van der Waals surface area (Å²) in [6.07, 6.45) is 3.95. The summed E-state index contributed by atoms with van der Waals surface area (Å²) in [4.78, 5) is 6.53. The molecule has 2 rings (SSSR count). The molecule has 1 aromatic heterocycles. The van der Waals surface area contributed by atoms with E-state index in [-0.39, 0.29) is 0 Å². The lowest BCUT2D eigenvalue weighted by Gasteiger charge is -2.32. The Morgan fingerprint density at radius 2 is 2.19 bits per heavy atom. The SMILES string of the molecule is NCc1cc(N2CCC(CO)CC2)ccn1. The number of aliphatic hydroxyl groups excluding tert-OH is 1. The van der Waals surface area contributed by atoms with E-state index in [4.69, 9.17) is 10.8 Å². The third-order valence-electron chi connectivity index (χ3n) is 3.25. The van der Waals surface area contributed by atoms with Gasteiger partial charge in [0.2, 0.25) is 0 Å². The Balaban J connectivity index is 2.02. The minimum Gasteiger partial charge on any atom is -0.396 e. The highest BCUT2D eigenvalue weighted by Gasteiger charge is 2.18. The molecule has 0 amide bonds. The fourth-order valence-electron chi connectivity index (χ4n) is 2.15. The van der Waals surface area contributed by atoms with Crippen LogP contribution in [0.5, 0.6) is 0 Å². The number of anilines is 1. The van der Waals surface area contributed by atoms with Gasteiger partial charge in [-0.15, -0.1) is 0 Å². The van der Waals surface area contributed by atoms with Gasteiger partial charge in [-0.05, 0) is 30.9 Å². The maximum atomic E-state index is 9.08. The van der Waals surface area contributed by atoms with Crippen molar-refractivity contribution in [3.63, 3.8) is 0 Å². The lowest BCUT2D eigenvalue weighted by atomic mass is 9.97. The summed E-state index contributed by atoms with van der Waals surface area (Å²) in [5.41, 5.74) is 7.71. The van der Waals surface area contributed by atoms with Gasteiger partial charge in [-0.25, -0.2) is 0 Å². The molecule has 2 heterocycles. The third-order valence-corrected chi connectivity index (χ3v) is 3.25. The number of pyridine rings is 1. The van der Waals surface area contributed by atoms with Crippen molar-refractivity contribution in [1.82, 2.24) is 4.98 Å². The topological polar surface area (TPSA) is 62.4 Å². The first kappa shape index (κ1) is 11.4. The van der Waals surface area contributed by atoms with E-state index in [1.807, 2.05) is 12.3 Å². The number of piperidine rings is 1. The van der Waals surface area contributed by atoms with Crippen molar-refractivity contribution in [2.45, 2.75) is 19.4 Å². The molecule has 1 aromatic rings. The number of hydrogen-bond acceptors (Lipinski definition) is 4. The van der Waals surface area contributed by atoms with Crippen molar-refractivity contribution in [2.24, 2.45) is 11.7 Å². The number of aliphatic hydroxyl groups is 1. The van der Waals surface area contributed by atoms with Gasteiger partial charge in [-0.1, -0.05) is 0 Å². The zero-order chi connectivity index (χ0) is 11.4. The Morgan fingerprint density at radius 1 is 1.44 bits per heavy atom. The molecule has 0 radical (unpaired) electrons. The number of nitrogens with zero attached hydrogens (tertiary/aromatic N) is 2. The smallest absolute Gasteiger partial charge is 0.0560 e. The molecule has 3 N–H and O–H groups in total. The minimum atomic E-state index is 0.318. The monoisotopic (exact) mass is 221 g/mol. The van der Waals surface area contributed by atoms with Crippen molar-refractivity contribution in [1.29, 1.82) is 0 Å². The average Bonchev–Trinajstić information content (AvgIpc) is 2.39. The fourth-order valence-corrected chi connectivity index (χ4v) is 2.15. The standard InChI is InChI=1S/C12H19N3O/c13-8-11-7-12(1-4-14-11)15-5-2-10(9-16)3-6-15/h1,4,7,10,16H,2-3,5-6,8-9,13H2. The van der Waals surface area contributed by atoms with Gasteiger partial charge in [-0.2, -0.15) is 0 Å². The molecule has 88 valence electrons. The summed E-state index contributed by atoms with van der Waals surface area (Å²) in [5.74, 6) is 0.479. The summed E-state index contributed by atoms with van der Waals surface area (Å²) >= 11 is 0. The lowest BCUT2D eigenvalue weighted by Crippen LogP contribution is -2.34. The van der Waals surface area contributed by atoms with Gasteiger partial charge in [0.1, 0.15) is 0 Å². The third kappa shape index (κ3) is 2.51. The van der Waals surface area contributed by atoms with Gasteiger partial charge in [-0.3, -0.25) is 4.98 Å². The highest BCUT2D eigenvalue weighted by atomic mass is 16.3. The molecule has 4 nitrogen and oxygen atoms in total. The first-order valence-corrected chi connectivity index (χ1v) is 5.84. The van der Waals surface area contributed by atoms with Gasteiger partial charge in [0.15, 0.2) is 0 Å². The van der Waals surface area contributed by atoms with Crippen LogP contribution in [0.3, 0.4) is 0 Å². The zero-order valence-electron chi connectivity index (χ0n) is 9.47. The van der Waals surface area contributed by atoms with E-state index in [2.05, 4.69) is 16.0 Å². The van der Waals surface area contributed by atoms with Crippen LogP contribution in [-0.2, 0) is 6.54 Å². The summed E-state index contributed by atoms with van der Waals surface area (Å²) in [7, 11) is 0. The second kappa shape index (κ2) is 5.27. The van der Waals surface area contributed by atoms with Gasteiger partial charge in [0, 0.05) is 38.1 Å². The molecule has 0 bridgehead atoms. The van der Waals surface area contributed by atoms with E-state index in [1.165, 1.54) is 5.69 Å². The molecule has 0 atom stereocenters. The van der Waals surface area contributed by atoms with E-state index in [0.717, 1.165) is 31.6 Å². The Bertz CT molecular complexity index is 335. The molecule has 0 spiro atoms. The molecular weight excluding hydrogens is 202 g/mol. The molecule has 16 heavy (non-hydrogen) atoms. The number of aromatic nitrogens is 1. The van der Waals surface area contributed by atoms with Gasteiger partial charge in [0.25, 0.3) is 0 Å². The van der Waals surface area contributed by atoms with Crippen molar-refractivity contribution < 1.29 is 5.11 Å². The normalized spacial score (nSPS) is 17.8. The minimum absolute atomic E-state index is 0.318. The van der Waals surface area contributed by atoms with E-state index in [9.17, 15) is 0 Å². The zero-order valence-corrected chi connectivity index (χ0v) is 9.47. The average molecular weight is 221 g/mol. The first-order chi connectivity index (χ1) is 7.83. The van der Waals surface area contributed by atoms with Gasteiger partial charge in [0.05, 0.1) is 5.69 Å². The van der Waals surface area contributed by atoms with Gasteiger partial charge >= 0.3 is 0 Å². The Labute approximate surface area is 96.1 Å². The van der Waals surface area contributed by atoms with Crippen molar-refractivity contribution in [3.8, 4) is 0 Å². The van der Waals surface area contributed by atoms with Crippen LogP contribution < -0.4 is 10.6 Å². The molecule has 4 heteroatoms. The summed E-state index contributed by atoms with van der Waals surface area (Å²) in [6, 6.07) is 4.08. The lowest BCUT2D eigenvalue weighted by molar-refractivity contribution is 0.203. The number of nitrogens with two attached hydrogens (primary N) is 1. The predicted octanol–water partition coefficient (Wildman–Crippen LogP) is 0.749. The van der Waals surface area contributed by atoms with Gasteiger partial charge < -0.3 is 15.7 Å². The van der Waals surface area contributed by atoms with E-state index >= 15 is 0 Å². The van der Waals surface area contributed by atoms with Crippen molar-refractivity contribution in [2.75, 3.05) is 24.6 Å². The summed E-state index contributed by atoms with van der Waals surface area (Å²) < 4.78 is 0. The Hall–Kier alpha value is -1.13. The molecule has 1 aliphatic rings. The molecule has 1 saturated heterocycles. The molecule has 1 aliphatic heterocycles. The molecular formula is C12H19N3O.